The number of carbonyl (C=O) groups is 1. The zero-order valence-corrected chi connectivity index (χ0v) is 14.3. The van der Waals surface area contributed by atoms with E-state index in [9.17, 15) is 9.59 Å². The van der Waals surface area contributed by atoms with E-state index in [1.807, 2.05) is 19.9 Å². The highest BCUT2D eigenvalue weighted by Crippen LogP contribution is 2.59. The Kier molecular flexibility index (Phi) is 4.32. The highest BCUT2D eigenvalue weighted by Gasteiger charge is 2.60. The van der Waals surface area contributed by atoms with Crippen molar-refractivity contribution in [3.63, 3.8) is 0 Å². The Balaban J connectivity index is 2.06. The zero-order chi connectivity index (χ0) is 16.7. The Labute approximate surface area is 132 Å². The van der Waals surface area contributed by atoms with Crippen molar-refractivity contribution in [3.05, 3.63) is 44.9 Å². The summed E-state index contributed by atoms with van der Waals surface area (Å²) in [5.41, 5.74) is 3.50. The summed E-state index contributed by atoms with van der Waals surface area (Å²) < 4.78 is 0. The number of hydrogen-bond acceptors (Lipinski definition) is 2. The summed E-state index contributed by atoms with van der Waals surface area (Å²) in [6, 6.07) is 1.93. The summed E-state index contributed by atoms with van der Waals surface area (Å²) in [7, 11) is 0. The summed E-state index contributed by atoms with van der Waals surface area (Å²) in [5.74, 6) is 0.314. The number of aryl methyl sites for hydroxylation is 2. The minimum absolute atomic E-state index is 0.00388. The quantitative estimate of drug-likeness (QED) is 0.840. The summed E-state index contributed by atoms with van der Waals surface area (Å²) in [4.78, 5) is 27.2. The first-order valence-corrected chi connectivity index (χ1v) is 7.76. The molecule has 1 saturated carbocycles. The number of rotatable bonds is 4. The molecule has 0 radical (unpaired) electrons. The molecule has 2 unspecified atom stereocenters. The Morgan fingerprint density at radius 3 is 2.55 bits per heavy atom. The summed E-state index contributed by atoms with van der Waals surface area (Å²) in [6.07, 6.45) is 2.17. The second-order valence-corrected chi connectivity index (χ2v) is 7.23. The number of carbonyl (C=O) groups excluding carboxylic acids is 1. The fraction of sp³-hybridized carbons (Fsp3) is 0.556. The molecule has 1 fully saturated rings. The highest BCUT2D eigenvalue weighted by molar-refractivity contribution is 5.83. The Morgan fingerprint density at radius 2 is 2.00 bits per heavy atom. The molecule has 0 aromatic carbocycles. The second kappa shape index (κ2) is 5.75. The molecule has 0 aliphatic heterocycles. The first kappa shape index (κ1) is 16.5. The predicted molar refractivity (Wildman–Crippen MR) is 88.6 cm³/mol. The van der Waals surface area contributed by atoms with Crippen LogP contribution in [0.5, 0.6) is 0 Å². The van der Waals surface area contributed by atoms with Crippen molar-refractivity contribution < 1.29 is 4.79 Å². The van der Waals surface area contributed by atoms with Gasteiger partial charge in [0.05, 0.1) is 5.92 Å². The minimum Gasteiger partial charge on any atom is -0.352 e. The molecule has 2 rings (SSSR count). The first-order valence-electron chi connectivity index (χ1n) is 7.76. The van der Waals surface area contributed by atoms with E-state index >= 15 is 0 Å². The molecule has 4 nitrogen and oxygen atoms in total. The number of hydrogen-bond donors (Lipinski definition) is 2. The van der Waals surface area contributed by atoms with Crippen LogP contribution in [0.1, 0.15) is 44.5 Å². The van der Waals surface area contributed by atoms with Crippen LogP contribution in [-0.4, -0.2) is 10.9 Å². The van der Waals surface area contributed by atoms with E-state index in [2.05, 4.69) is 44.1 Å². The van der Waals surface area contributed by atoms with Gasteiger partial charge in [-0.05, 0) is 50.7 Å². The summed E-state index contributed by atoms with van der Waals surface area (Å²) in [6.45, 7) is 12.4. The molecular formula is C18H26N2O2. The molecule has 1 amide bonds. The van der Waals surface area contributed by atoms with Crippen molar-refractivity contribution in [3.8, 4) is 0 Å². The first-order chi connectivity index (χ1) is 10.1. The molecule has 2 N–H and O–H groups in total. The van der Waals surface area contributed by atoms with E-state index in [4.69, 9.17) is 0 Å². The van der Waals surface area contributed by atoms with Crippen LogP contribution in [-0.2, 0) is 11.3 Å². The lowest BCUT2D eigenvalue weighted by Gasteiger charge is -2.08. The zero-order valence-electron chi connectivity index (χ0n) is 14.3. The van der Waals surface area contributed by atoms with Gasteiger partial charge in [0.2, 0.25) is 5.91 Å². The van der Waals surface area contributed by atoms with Crippen molar-refractivity contribution in [2.75, 3.05) is 0 Å². The van der Waals surface area contributed by atoms with Crippen LogP contribution in [0.4, 0.5) is 0 Å². The summed E-state index contributed by atoms with van der Waals surface area (Å²) >= 11 is 0. The van der Waals surface area contributed by atoms with Gasteiger partial charge in [-0.15, -0.1) is 0 Å². The fourth-order valence-electron chi connectivity index (χ4n) is 3.24. The molecule has 4 heteroatoms. The molecule has 0 saturated heterocycles. The largest absolute Gasteiger partial charge is 0.352 e. The maximum atomic E-state index is 12.4. The van der Waals surface area contributed by atoms with Crippen molar-refractivity contribution >= 4 is 5.91 Å². The Morgan fingerprint density at radius 1 is 1.36 bits per heavy atom. The second-order valence-electron chi connectivity index (χ2n) is 7.23. The maximum Gasteiger partial charge on any atom is 0.253 e. The average molecular weight is 302 g/mol. The molecule has 120 valence electrons. The van der Waals surface area contributed by atoms with E-state index in [-0.39, 0.29) is 35.3 Å². The third-order valence-electron chi connectivity index (χ3n) is 4.64. The lowest BCUT2D eigenvalue weighted by Crippen LogP contribution is -2.30. The number of aromatic nitrogens is 1. The third kappa shape index (κ3) is 3.16. The topological polar surface area (TPSA) is 62.0 Å². The van der Waals surface area contributed by atoms with E-state index in [1.54, 1.807) is 0 Å². The molecule has 22 heavy (non-hydrogen) atoms. The SMILES string of the molecule is CC(C)=CC1C(C(=O)NCc2c(C)cc(C)[nH]c2=O)C1(C)C. The smallest absolute Gasteiger partial charge is 0.253 e. The van der Waals surface area contributed by atoms with Gasteiger partial charge >= 0.3 is 0 Å². The van der Waals surface area contributed by atoms with Crippen LogP contribution in [0.3, 0.4) is 0 Å². The molecule has 1 aromatic heterocycles. The van der Waals surface area contributed by atoms with Crippen LogP contribution in [0.2, 0.25) is 0 Å². The molecular weight excluding hydrogens is 276 g/mol. The van der Waals surface area contributed by atoms with E-state index in [0.717, 1.165) is 11.3 Å². The van der Waals surface area contributed by atoms with E-state index in [0.29, 0.717) is 5.56 Å². The number of nitrogens with one attached hydrogen (secondary N) is 2. The van der Waals surface area contributed by atoms with Crippen LogP contribution >= 0.6 is 0 Å². The van der Waals surface area contributed by atoms with Gasteiger partial charge in [-0.25, -0.2) is 0 Å². The van der Waals surface area contributed by atoms with Crippen LogP contribution in [0.25, 0.3) is 0 Å². The molecule has 0 bridgehead atoms. The Bertz CT molecular complexity index is 679. The molecule has 1 aliphatic rings. The summed E-state index contributed by atoms with van der Waals surface area (Å²) in [5, 5.41) is 2.93. The lowest BCUT2D eigenvalue weighted by molar-refractivity contribution is -0.123. The van der Waals surface area contributed by atoms with Crippen molar-refractivity contribution in [1.29, 1.82) is 0 Å². The number of amides is 1. The van der Waals surface area contributed by atoms with Gasteiger partial charge in [0.25, 0.3) is 5.56 Å². The average Bonchev–Trinajstić information content (AvgIpc) is 2.88. The van der Waals surface area contributed by atoms with Gasteiger partial charge in [-0.2, -0.15) is 0 Å². The van der Waals surface area contributed by atoms with Gasteiger partial charge in [0, 0.05) is 17.8 Å². The lowest BCUT2D eigenvalue weighted by atomic mass is 10.1. The number of pyridine rings is 1. The van der Waals surface area contributed by atoms with Gasteiger partial charge < -0.3 is 10.3 Å². The van der Waals surface area contributed by atoms with Gasteiger partial charge in [-0.1, -0.05) is 25.5 Å². The standard InChI is InChI=1S/C18H26N2O2/c1-10(2)7-14-15(18(14,5)6)17(22)19-9-13-11(3)8-12(4)20-16(13)21/h7-8,14-15H,9H2,1-6H3,(H,19,22)(H,20,21). The van der Waals surface area contributed by atoms with Gasteiger partial charge in [0.1, 0.15) is 0 Å². The predicted octanol–water partition coefficient (Wildman–Crippen LogP) is 2.85. The maximum absolute atomic E-state index is 12.4. The number of allylic oxidation sites excluding steroid dienone is 2. The minimum atomic E-state index is -0.117. The van der Waals surface area contributed by atoms with Crippen molar-refractivity contribution in [2.24, 2.45) is 17.3 Å². The molecule has 1 aliphatic carbocycles. The van der Waals surface area contributed by atoms with Crippen LogP contribution in [0.15, 0.2) is 22.5 Å². The molecule has 2 atom stereocenters. The Hall–Kier alpha value is -1.84. The van der Waals surface area contributed by atoms with Crippen molar-refractivity contribution in [1.82, 2.24) is 10.3 Å². The van der Waals surface area contributed by atoms with Crippen molar-refractivity contribution in [2.45, 2.75) is 48.1 Å². The van der Waals surface area contributed by atoms with Gasteiger partial charge in [0.15, 0.2) is 0 Å². The fourth-order valence-corrected chi connectivity index (χ4v) is 3.24. The van der Waals surface area contributed by atoms with Crippen LogP contribution in [0, 0.1) is 31.1 Å². The van der Waals surface area contributed by atoms with Crippen LogP contribution < -0.4 is 10.9 Å². The monoisotopic (exact) mass is 302 g/mol. The molecule has 1 aromatic rings. The normalized spacial score (nSPS) is 22.1. The molecule has 0 spiro atoms. The van der Waals surface area contributed by atoms with E-state index < -0.39 is 0 Å². The van der Waals surface area contributed by atoms with E-state index in [1.165, 1.54) is 5.57 Å². The number of H-pyrrole nitrogens is 1. The van der Waals surface area contributed by atoms with Gasteiger partial charge in [-0.3, -0.25) is 9.59 Å². The highest BCUT2D eigenvalue weighted by atomic mass is 16.2. The molecule has 1 heterocycles. The third-order valence-corrected chi connectivity index (χ3v) is 4.64. The number of aromatic amines is 1.